The molecule has 1 aromatic heterocycles. The highest BCUT2D eigenvalue weighted by Crippen LogP contribution is 2.25. The summed E-state index contributed by atoms with van der Waals surface area (Å²) < 4.78 is 0.903. The molecular formula is C15H12BrN3O2. The van der Waals surface area contributed by atoms with Crippen molar-refractivity contribution in [1.82, 2.24) is 10.2 Å². The number of aromatic nitrogens is 2. The van der Waals surface area contributed by atoms with Crippen LogP contribution in [0.25, 0.3) is 10.9 Å². The smallest absolute Gasteiger partial charge is 0.257 e. The first kappa shape index (κ1) is 13.6. The van der Waals surface area contributed by atoms with Gasteiger partial charge in [-0.15, -0.1) is 0 Å². The van der Waals surface area contributed by atoms with Gasteiger partial charge >= 0.3 is 0 Å². The van der Waals surface area contributed by atoms with Crippen molar-refractivity contribution in [2.24, 2.45) is 0 Å². The van der Waals surface area contributed by atoms with Crippen LogP contribution in [0, 0.1) is 6.92 Å². The number of nitrogens with one attached hydrogen (secondary N) is 2. The quantitative estimate of drug-likeness (QED) is 0.664. The van der Waals surface area contributed by atoms with Crippen LogP contribution in [0.1, 0.15) is 15.9 Å². The van der Waals surface area contributed by atoms with E-state index in [0.717, 1.165) is 20.9 Å². The zero-order valence-corrected chi connectivity index (χ0v) is 12.7. The zero-order valence-electron chi connectivity index (χ0n) is 11.1. The van der Waals surface area contributed by atoms with Gasteiger partial charge in [-0.1, -0.05) is 22.0 Å². The van der Waals surface area contributed by atoms with Crippen molar-refractivity contribution in [3.05, 3.63) is 52.0 Å². The summed E-state index contributed by atoms with van der Waals surface area (Å²) >= 11 is 3.40. The summed E-state index contributed by atoms with van der Waals surface area (Å²) in [5.74, 6) is 0.205. The van der Waals surface area contributed by atoms with Crippen LogP contribution in [-0.4, -0.2) is 21.2 Å². The average Bonchev–Trinajstić information content (AvgIpc) is 2.84. The molecule has 6 heteroatoms. The van der Waals surface area contributed by atoms with Crippen molar-refractivity contribution in [3.8, 4) is 5.75 Å². The minimum Gasteiger partial charge on any atom is -0.508 e. The lowest BCUT2D eigenvalue weighted by atomic mass is 10.1. The lowest BCUT2D eigenvalue weighted by Crippen LogP contribution is -2.13. The average molecular weight is 346 g/mol. The van der Waals surface area contributed by atoms with Gasteiger partial charge in [-0.3, -0.25) is 9.89 Å². The Kier molecular flexibility index (Phi) is 3.39. The maximum atomic E-state index is 12.3. The number of anilines is 1. The molecule has 106 valence electrons. The number of hydrogen-bond acceptors (Lipinski definition) is 3. The zero-order chi connectivity index (χ0) is 15.0. The molecule has 3 N–H and O–H groups in total. The largest absolute Gasteiger partial charge is 0.508 e. The number of carbonyl (C=O) groups excluding carboxylic acids is 1. The molecule has 0 saturated carbocycles. The van der Waals surface area contributed by atoms with Gasteiger partial charge in [0.05, 0.1) is 5.52 Å². The van der Waals surface area contributed by atoms with Crippen molar-refractivity contribution >= 4 is 38.6 Å². The molecule has 0 atom stereocenters. The molecule has 0 aliphatic heterocycles. The second kappa shape index (κ2) is 5.21. The highest BCUT2D eigenvalue weighted by Gasteiger charge is 2.14. The molecule has 3 aromatic rings. The van der Waals surface area contributed by atoms with E-state index in [-0.39, 0.29) is 11.7 Å². The second-order valence-electron chi connectivity index (χ2n) is 4.72. The Morgan fingerprint density at radius 3 is 2.90 bits per heavy atom. The van der Waals surface area contributed by atoms with E-state index >= 15 is 0 Å². The third-order valence-electron chi connectivity index (χ3n) is 3.22. The van der Waals surface area contributed by atoms with Crippen LogP contribution < -0.4 is 5.32 Å². The first-order valence-electron chi connectivity index (χ1n) is 6.29. The molecule has 0 fully saturated rings. The van der Waals surface area contributed by atoms with Crippen molar-refractivity contribution < 1.29 is 9.90 Å². The van der Waals surface area contributed by atoms with Crippen molar-refractivity contribution in [2.45, 2.75) is 6.92 Å². The maximum absolute atomic E-state index is 12.3. The lowest BCUT2D eigenvalue weighted by Gasteiger charge is -2.06. The molecule has 1 amide bonds. The van der Waals surface area contributed by atoms with Crippen molar-refractivity contribution in [2.75, 3.05) is 5.32 Å². The predicted molar refractivity (Wildman–Crippen MR) is 84.6 cm³/mol. The van der Waals surface area contributed by atoms with Crippen LogP contribution in [-0.2, 0) is 0 Å². The Balaban J connectivity index is 1.96. The fourth-order valence-electron chi connectivity index (χ4n) is 2.11. The van der Waals surface area contributed by atoms with E-state index in [9.17, 15) is 9.90 Å². The van der Waals surface area contributed by atoms with Gasteiger partial charge in [0.15, 0.2) is 5.82 Å². The molecule has 0 saturated heterocycles. The highest BCUT2D eigenvalue weighted by molar-refractivity contribution is 9.10. The second-order valence-corrected chi connectivity index (χ2v) is 5.63. The van der Waals surface area contributed by atoms with Gasteiger partial charge in [-0.25, -0.2) is 0 Å². The van der Waals surface area contributed by atoms with Gasteiger partial charge in [0.1, 0.15) is 5.75 Å². The molecule has 3 rings (SSSR count). The Morgan fingerprint density at radius 2 is 2.10 bits per heavy atom. The molecule has 0 spiro atoms. The van der Waals surface area contributed by atoms with E-state index in [2.05, 4.69) is 31.4 Å². The standard InChI is InChI=1S/C15H12BrN3O2/c1-8-2-4-10(20)7-11(8)15(21)17-14-12-6-9(16)3-5-13(12)18-19-14/h2-7,20H,1H3,(H2,17,18,19,21). The summed E-state index contributed by atoms with van der Waals surface area (Å²) in [7, 11) is 0. The van der Waals surface area contributed by atoms with E-state index in [1.54, 1.807) is 12.1 Å². The van der Waals surface area contributed by atoms with Crippen molar-refractivity contribution in [1.29, 1.82) is 0 Å². The molecule has 0 bridgehead atoms. The maximum Gasteiger partial charge on any atom is 0.257 e. The van der Waals surface area contributed by atoms with Crippen LogP contribution >= 0.6 is 15.9 Å². The number of phenolic OH excluding ortho intramolecular Hbond substituents is 1. The summed E-state index contributed by atoms with van der Waals surface area (Å²) in [4.78, 5) is 12.3. The normalized spacial score (nSPS) is 10.8. The monoisotopic (exact) mass is 345 g/mol. The summed E-state index contributed by atoms with van der Waals surface area (Å²) in [5, 5.41) is 20.1. The number of aromatic amines is 1. The molecule has 0 aliphatic rings. The van der Waals surface area contributed by atoms with E-state index in [1.807, 2.05) is 25.1 Å². The molecule has 2 aromatic carbocycles. The van der Waals surface area contributed by atoms with E-state index in [0.29, 0.717) is 11.4 Å². The third-order valence-corrected chi connectivity index (χ3v) is 3.72. The summed E-state index contributed by atoms with van der Waals surface area (Å²) in [6, 6.07) is 10.3. The molecule has 0 unspecified atom stereocenters. The number of halogens is 1. The highest BCUT2D eigenvalue weighted by atomic mass is 79.9. The fraction of sp³-hybridized carbons (Fsp3) is 0.0667. The number of amides is 1. The number of H-pyrrole nitrogens is 1. The minimum atomic E-state index is -0.309. The van der Waals surface area contributed by atoms with Gasteiger partial charge in [-0.2, -0.15) is 5.10 Å². The Hall–Kier alpha value is -2.34. The molecule has 5 nitrogen and oxygen atoms in total. The summed E-state index contributed by atoms with van der Waals surface area (Å²) in [5.41, 5.74) is 2.04. The number of phenols is 1. The Labute approximate surface area is 129 Å². The number of hydrogen-bond donors (Lipinski definition) is 3. The van der Waals surface area contributed by atoms with Gasteiger partial charge in [0, 0.05) is 15.4 Å². The lowest BCUT2D eigenvalue weighted by molar-refractivity contribution is 0.102. The van der Waals surface area contributed by atoms with Crippen LogP contribution in [0.3, 0.4) is 0 Å². The van der Waals surface area contributed by atoms with Gasteiger partial charge in [0.2, 0.25) is 0 Å². The molecule has 0 aliphatic carbocycles. The number of carbonyl (C=O) groups is 1. The van der Waals surface area contributed by atoms with Gasteiger partial charge in [0.25, 0.3) is 5.91 Å². The van der Waals surface area contributed by atoms with Gasteiger partial charge in [-0.05, 0) is 42.8 Å². The summed E-state index contributed by atoms with van der Waals surface area (Å²) in [6.45, 7) is 1.81. The minimum absolute atomic E-state index is 0.0559. The number of rotatable bonds is 2. The van der Waals surface area contributed by atoms with Crippen LogP contribution in [0.5, 0.6) is 5.75 Å². The first-order valence-corrected chi connectivity index (χ1v) is 7.08. The fourth-order valence-corrected chi connectivity index (χ4v) is 2.47. The van der Waals surface area contributed by atoms with Gasteiger partial charge < -0.3 is 10.4 Å². The molecule has 0 radical (unpaired) electrons. The number of aromatic hydroxyl groups is 1. The van der Waals surface area contributed by atoms with E-state index in [4.69, 9.17) is 0 Å². The van der Waals surface area contributed by atoms with Crippen LogP contribution in [0.2, 0.25) is 0 Å². The Morgan fingerprint density at radius 1 is 1.29 bits per heavy atom. The summed E-state index contributed by atoms with van der Waals surface area (Å²) in [6.07, 6.45) is 0. The molecular weight excluding hydrogens is 334 g/mol. The van der Waals surface area contributed by atoms with Crippen LogP contribution in [0.4, 0.5) is 5.82 Å². The van der Waals surface area contributed by atoms with E-state index < -0.39 is 0 Å². The third kappa shape index (κ3) is 2.62. The Bertz CT molecular complexity index is 842. The van der Waals surface area contributed by atoms with Crippen LogP contribution in [0.15, 0.2) is 40.9 Å². The first-order chi connectivity index (χ1) is 10.0. The SMILES string of the molecule is Cc1ccc(O)cc1C(=O)Nc1n[nH]c2ccc(Br)cc12. The van der Waals surface area contributed by atoms with E-state index in [1.165, 1.54) is 6.07 Å². The molecule has 1 heterocycles. The topological polar surface area (TPSA) is 78.0 Å². The predicted octanol–water partition coefficient (Wildman–Crippen LogP) is 3.59. The number of fused-ring (bicyclic) bond motifs is 1. The number of benzene rings is 2. The number of nitrogens with zero attached hydrogens (tertiary/aromatic N) is 1. The molecule has 21 heavy (non-hydrogen) atoms. The van der Waals surface area contributed by atoms with Crippen molar-refractivity contribution in [3.63, 3.8) is 0 Å². The number of aryl methyl sites for hydroxylation is 1.